The van der Waals surface area contributed by atoms with Gasteiger partial charge in [0.05, 0.1) is 4.75 Å². The van der Waals surface area contributed by atoms with Crippen molar-refractivity contribution in [3.63, 3.8) is 0 Å². The molecule has 0 bridgehead atoms. The van der Waals surface area contributed by atoms with Crippen LogP contribution >= 0.6 is 0 Å². The van der Waals surface area contributed by atoms with E-state index >= 15 is 0 Å². The number of hydrogen-bond acceptors (Lipinski definition) is 3. The number of hydrogen-bond donors (Lipinski definition) is 1. The molecule has 4 heteroatoms. The lowest BCUT2D eigenvalue weighted by Gasteiger charge is -2.39. The Bertz CT molecular complexity index is 223. The molecule has 66 valence electrons. The zero-order valence-corrected chi connectivity index (χ0v) is 7.65. The van der Waals surface area contributed by atoms with Crippen LogP contribution in [0.25, 0.3) is 0 Å². The van der Waals surface area contributed by atoms with Crippen LogP contribution in [0.5, 0.6) is 0 Å². The second-order valence-corrected chi connectivity index (χ2v) is 5.82. The van der Waals surface area contributed by atoms with E-state index in [2.05, 4.69) is 0 Å². The van der Waals surface area contributed by atoms with E-state index in [1.807, 2.05) is 0 Å². The maximum absolute atomic E-state index is 11.5. The van der Waals surface area contributed by atoms with Crippen LogP contribution in [-0.2, 0) is 9.84 Å². The zero-order chi connectivity index (χ0) is 8.54. The standard InChI is InChI=1S/C7H15NO2S/c1-2-11(9,10)7(6-8)4-3-5-7/h2-6,8H2,1H3. The van der Waals surface area contributed by atoms with E-state index in [0.717, 1.165) is 19.3 Å². The van der Waals surface area contributed by atoms with Gasteiger partial charge < -0.3 is 5.73 Å². The Labute approximate surface area is 67.9 Å². The summed E-state index contributed by atoms with van der Waals surface area (Å²) in [6.07, 6.45) is 2.54. The van der Waals surface area contributed by atoms with Crippen molar-refractivity contribution in [2.45, 2.75) is 30.9 Å². The first-order chi connectivity index (χ1) is 5.08. The Hall–Kier alpha value is -0.0900. The number of rotatable bonds is 3. The first kappa shape index (κ1) is 9.00. The molecule has 1 aliphatic rings. The molecular formula is C7H15NO2S. The minimum atomic E-state index is -2.90. The molecular weight excluding hydrogens is 162 g/mol. The highest BCUT2D eigenvalue weighted by atomic mass is 32.2. The molecule has 0 aromatic carbocycles. The Morgan fingerprint density at radius 3 is 2.09 bits per heavy atom. The van der Waals surface area contributed by atoms with Gasteiger partial charge in [-0.3, -0.25) is 0 Å². The third kappa shape index (κ3) is 1.18. The maximum atomic E-state index is 11.5. The SMILES string of the molecule is CCS(=O)(=O)C1(CN)CCC1. The summed E-state index contributed by atoms with van der Waals surface area (Å²) in [5.74, 6) is 0.226. The van der Waals surface area contributed by atoms with Crippen molar-refractivity contribution in [2.75, 3.05) is 12.3 Å². The average molecular weight is 177 g/mol. The molecule has 2 N–H and O–H groups in total. The van der Waals surface area contributed by atoms with E-state index in [4.69, 9.17) is 5.73 Å². The van der Waals surface area contributed by atoms with Gasteiger partial charge in [0.2, 0.25) is 0 Å². The van der Waals surface area contributed by atoms with Gasteiger partial charge in [0.15, 0.2) is 9.84 Å². The van der Waals surface area contributed by atoms with Crippen LogP contribution < -0.4 is 5.73 Å². The molecule has 0 aromatic heterocycles. The van der Waals surface area contributed by atoms with Gasteiger partial charge in [-0.15, -0.1) is 0 Å². The number of nitrogens with two attached hydrogens (primary N) is 1. The van der Waals surface area contributed by atoms with Gasteiger partial charge >= 0.3 is 0 Å². The molecule has 0 unspecified atom stereocenters. The minimum Gasteiger partial charge on any atom is -0.329 e. The average Bonchev–Trinajstić information content (AvgIpc) is 1.86. The molecule has 0 atom stereocenters. The molecule has 1 fully saturated rings. The van der Waals surface area contributed by atoms with E-state index in [-0.39, 0.29) is 5.75 Å². The van der Waals surface area contributed by atoms with Gasteiger partial charge in [0.25, 0.3) is 0 Å². The molecule has 0 spiro atoms. The highest BCUT2D eigenvalue weighted by molar-refractivity contribution is 7.92. The van der Waals surface area contributed by atoms with Crippen LogP contribution in [0.2, 0.25) is 0 Å². The molecule has 0 heterocycles. The molecule has 0 radical (unpaired) electrons. The van der Waals surface area contributed by atoms with E-state index < -0.39 is 14.6 Å². The topological polar surface area (TPSA) is 60.2 Å². The number of sulfone groups is 1. The molecule has 1 rings (SSSR count). The summed E-state index contributed by atoms with van der Waals surface area (Å²) in [4.78, 5) is 0. The quantitative estimate of drug-likeness (QED) is 0.674. The predicted octanol–water partition coefficient (Wildman–Crippen LogP) is 0.303. The second kappa shape index (κ2) is 2.75. The summed E-state index contributed by atoms with van der Waals surface area (Å²) < 4.78 is 22.4. The van der Waals surface area contributed by atoms with E-state index in [9.17, 15) is 8.42 Å². The van der Waals surface area contributed by atoms with Crippen molar-refractivity contribution >= 4 is 9.84 Å². The third-order valence-electron chi connectivity index (χ3n) is 2.68. The summed E-state index contributed by atoms with van der Waals surface area (Å²) in [6.45, 7) is 1.98. The second-order valence-electron chi connectivity index (χ2n) is 3.14. The van der Waals surface area contributed by atoms with Gasteiger partial charge in [-0.1, -0.05) is 13.3 Å². The molecule has 0 amide bonds. The Morgan fingerprint density at radius 1 is 1.45 bits per heavy atom. The van der Waals surface area contributed by atoms with Crippen LogP contribution in [0.4, 0.5) is 0 Å². The third-order valence-corrected chi connectivity index (χ3v) is 5.33. The maximum Gasteiger partial charge on any atom is 0.156 e. The lowest BCUT2D eigenvalue weighted by Crippen LogP contribution is -2.51. The zero-order valence-electron chi connectivity index (χ0n) is 6.84. The summed E-state index contributed by atoms with van der Waals surface area (Å²) in [5.41, 5.74) is 5.45. The fraction of sp³-hybridized carbons (Fsp3) is 1.00. The smallest absolute Gasteiger partial charge is 0.156 e. The van der Waals surface area contributed by atoms with Gasteiger partial charge in [-0.05, 0) is 12.8 Å². The summed E-state index contributed by atoms with van der Waals surface area (Å²) >= 11 is 0. The molecule has 0 saturated heterocycles. The molecule has 11 heavy (non-hydrogen) atoms. The first-order valence-electron chi connectivity index (χ1n) is 4.00. The van der Waals surface area contributed by atoms with Crippen molar-refractivity contribution < 1.29 is 8.42 Å². The molecule has 1 aliphatic carbocycles. The van der Waals surface area contributed by atoms with E-state index in [1.54, 1.807) is 6.92 Å². The van der Waals surface area contributed by atoms with Crippen LogP contribution in [0.3, 0.4) is 0 Å². The van der Waals surface area contributed by atoms with Crippen LogP contribution in [0.15, 0.2) is 0 Å². The summed E-state index contributed by atoms with van der Waals surface area (Å²) in [6, 6.07) is 0. The first-order valence-corrected chi connectivity index (χ1v) is 5.65. The Morgan fingerprint density at radius 2 is 2.00 bits per heavy atom. The van der Waals surface area contributed by atoms with Gasteiger partial charge in [-0.25, -0.2) is 8.42 Å². The largest absolute Gasteiger partial charge is 0.329 e. The fourth-order valence-electron chi connectivity index (χ4n) is 1.52. The van der Waals surface area contributed by atoms with Crippen LogP contribution in [-0.4, -0.2) is 25.5 Å². The minimum absolute atomic E-state index is 0.226. The van der Waals surface area contributed by atoms with Gasteiger partial charge in [0.1, 0.15) is 0 Å². The highest BCUT2D eigenvalue weighted by Gasteiger charge is 2.46. The normalized spacial score (nSPS) is 22.7. The summed E-state index contributed by atoms with van der Waals surface area (Å²) in [5, 5.41) is 0. The monoisotopic (exact) mass is 177 g/mol. The van der Waals surface area contributed by atoms with Crippen LogP contribution in [0, 0.1) is 0 Å². The van der Waals surface area contributed by atoms with E-state index in [0.29, 0.717) is 6.54 Å². The van der Waals surface area contributed by atoms with Crippen molar-refractivity contribution in [2.24, 2.45) is 5.73 Å². The van der Waals surface area contributed by atoms with Crippen molar-refractivity contribution in [1.29, 1.82) is 0 Å². The lowest BCUT2D eigenvalue weighted by atomic mass is 9.84. The Balaban J connectivity index is 2.86. The van der Waals surface area contributed by atoms with Gasteiger partial charge in [0, 0.05) is 12.3 Å². The molecule has 3 nitrogen and oxygen atoms in total. The lowest BCUT2D eigenvalue weighted by molar-refractivity contribution is 0.344. The molecule has 1 saturated carbocycles. The van der Waals surface area contributed by atoms with Crippen molar-refractivity contribution in [3.8, 4) is 0 Å². The Kier molecular flexibility index (Phi) is 2.25. The van der Waals surface area contributed by atoms with Crippen molar-refractivity contribution in [1.82, 2.24) is 0 Å². The highest BCUT2D eigenvalue weighted by Crippen LogP contribution is 2.38. The molecule has 0 aromatic rings. The predicted molar refractivity (Wildman–Crippen MR) is 45.1 cm³/mol. The van der Waals surface area contributed by atoms with Crippen molar-refractivity contribution in [3.05, 3.63) is 0 Å². The molecule has 0 aliphatic heterocycles. The fourth-order valence-corrected chi connectivity index (χ4v) is 3.30. The van der Waals surface area contributed by atoms with Gasteiger partial charge in [-0.2, -0.15) is 0 Å². The van der Waals surface area contributed by atoms with Crippen LogP contribution in [0.1, 0.15) is 26.2 Å². The summed E-state index contributed by atoms with van der Waals surface area (Å²) in [7, 11) is -2.90. The van der Waals surface area contributed by atoms with E-state index in [1.165, 1.54) is 0 Å².